The Hall–Kier alpha value is -1.75. The molecule has 0 saturated carbocycles. The van der Waals surface area contributed by atoms with Gasteiger partial charge in [0.05, 0.1) is 12.2 Å². The molecule has 94 valence electrons. The fraction of sp³-hybridized carbons (Fsp3) is 0.417. The van der Waals surface area contributed by atoms with Gasteiger partial charge in [0, 0.05) is 18.3 Å². The second kappa shape index (κ2) is 6.10. The van der Waals surface area contributed by atoms with Gasteiger partial charge >= 0.3 is 5.97 Å². The lowest BCUT2D eigenvalue weighted by Gasteiger charge is -2.11. The molecule has 0 unspecified atom stereocenters. The number of hydrogen-bond acceptors (Lipinski definition) is 4. The lowest BCUT2D eigenvalue weighted by molar-refractivity contribution is 0.0698. The Bertz CT molecular complexity index is 391. The molecule has 5 heteroatoms. The first-order chi connectivity index (χ1) is 8.00. The molecule has 0 aliphatic heterocycles. The molecule has 0 aliphatic rings. The lowest BCUT2D eigenvalue weighted by Crippen LogP contribution is -2.15. The number of anilines is 1. The fourth-order valence-electron chi connectivity index (χ4n) is 1.40. The summed E-state index contributed by atoms with van der Waals surface area (Å²) in [5, 5.41) is 8.81. The maximum Gasteiger partial charge on any atom is 0.337 e. The van der Waals surface area contributed by atoms with Crippen molar-refractivity contribution in [2.45, 2.75) is 6.42 Å². The topological polar surface area (TPSA) is 75.8 Å². The number of aromatic carboxylic acids is 1. The molecule has 0 atom stereocenters. The van der Waals surface area contributed by atoms with Crippen molar-refractivity contribution in [1.29, 1.82) is 0 Å². The molecule has 0 heterocycles. The van der Waals surface area contributed by atoms with Gasteiger partial charge in [-0.25, -0.2) is 4.79 Å². The summed E-state index contributed by atoms with van der Waals surface area (Å²) in [7, 11) is 4.00. The first kappa shape index (κ1) is 13.3. The molecule has 0 amide bonds. The normalized spacial score (nSPS) is 10.5. The predicted octanol–water partition coefficient (Wildman–Crippen LogP) is 1.30. The van der Waals surface area contributed by atoms with Crippen LogP contribution in [-0.2, 0) is 0 Å². The summed E-state index contributed by atoms with van der Waals surface area (Å²) < 4.78 is 5.47. The highest BCUT2D eigenvalue weighted by atomic mass is 16.5. The van der Waals surface area contributed by atoms with Crippen LogP contribution in [0.15, 0.2) is 18.2 Å². The largest absolute Gasteiger partial charge is 0.493 e. The highest BCUT2D eigenvalue weighted by Gasteiger charge is 2.08. The van der Waals surface area contributed by atoms with E-state index in [4.69, 9.17) is 15.6 Å². The van der Waals surface area contributed by atoms with Crippen molar-refractivity contribution in [3.05, 3.63) is 23.8 Å². The molecule has 0 fully saturated rings. The highest BCUT2D eigenvalue weighted by Crippen LogP contribution is 2.19. The Morgan fingerprint density at radius 3 is 2.71 bits per heavy atom. The number of nitrogens with zero attached hydrogens (tertiary/aromatic N) is 1. The molecule has 0 bridgehead atoms. The number of benzene rings is 1. The molecular weight excluding hydrogens is 220 g/mol. The van der Waals surface area contributed by atoms with Crippen molar-refractivity contribution in [3.8, 4) is 5.75 Å². The number of carboxylic acids is 1. The zero-order valence-corrected chi connectivity index (χ0v) is 10.1. The molecule has 0 aromatic heterocycles. The van der Waals surface area contributed by atoms with Gasteiger partial charge in [-0.3, -0.25) is 0 Å². The second-order valence-electron chi connectivity index (χ2n) is 4.06. The second-order valence-corrected chi connectivity index (χ2v) is 4.06. The van der Waals surface area contributed by atoms with Gasteiger partial charge < -0.3 is 20.5 Å². The minimum Gasteiger partial charge on any atom is -0.493 e. The van der Waals surface area contributed by atoms with E-state index in [1.165, 1.54) is 6.07 Å². The van der Waals surface area contributed by atoms with Crippen LogP contribution < -0.4 is 10.5 Å². The summed E-state index contributed by atoms with van der Waals surface area (Å²) in [5.41, 5.74) is 5.93. The minimum absolute atomic E-state index is 0.102. The summed E-state index contributed by atoms with van der Waals surface area (Å²) in [6, 6.07) is 4.62. The van der Waals surface area contributed by atoms with Crippen molar-refractivity contribution >= 4 is 11.7 Å². The Balaban J connectivity index is 2.50. The van der Waals surface area contributed by atoms with Crippen molar-refractivity contribution in [1.82, 2.24) is 4.90 Å². The summed E-state index contributed by atoms with van der Waals surface area (Å²) in [6.07, 6.45) is 0.910. The van der Waals surface area contributed by atoms with Crippen LogP contribution >= 0.6 is 0 Å². The van der Waals surface area contributed by atoms with Crippen LogP contribution in [0.1, 0.15) is 16.8 Å². The number of ether oxygens (including phenoxy) is 1. The first-order valence-electron chi connectivity index (χ1n) is 5.41. The zero-order chi connectivity index (χ0) is 12.8. The highest BCUT2D eigenvalue weighted by molar-refractivity contribution is 5.93. The van der Waals surface area contributed by atoms with Gasteiger partial charge in [-0.1, -0.05) is 0 Å². The summed E-state index contributed by atoms with van der Waals surface area (Å²) in [4.78, 5) is 12.8. The van der Waals surface area contributed by atoms with Gasteiger partial charge in [0.15, 0.2) is 0 Å². The SMILES string of the molecule is CN(C)CCCOc1ccc(C(=O)O)c(N)c1. The van der Waals surface area contributed by atoms with E-state index < -0.39 is 5.97 Å². The number of nitrogens with two attached hydrogens (primary N) is 1. The molecule has 0 saturated heterocycles. The summed E-state index contributed by atoms with van der Waals surface area (Å²) in [6.45, 7) is 1.53. The molecule has 0 aliphatic carbocycles. The van der Waals surface area contributed by atoms with Gasteiger partial charge in [-0.15, -0.1) is 0 Å². The van der Waals surface area contributed by atoms with Crippen LogP contribution in [0.2, 0.25) is 0 Å². The van der Waals surface area contributed by atoms with E-state index in [1.54, 1.807) is 12.1 Å². The quantitative estimate of drug-likeness (QED) is 0.577. The molecule has 1 rings (SSSR count). The lowest BCUT2D eigenvalue weighted by atomic mass is 10.2. The summed E-state index contributed by atoms with van der Waals surface area (Å²) >= 11 is 0. The van der Waals surface area contributed by atoms with Crippen LogP contribution in [0.5, 0.6) is 5.75 Å². The Morgan fingerprint density at radius 2 is 2.18 bits per heavy atom. The smallest absolute Gasteiger partial charge is 0.337 e. The molecule has 17 heavy (non-hydrogen) atoms. The fourth-order valence-corrected chi connectivity index (χ4v) is 1.40. The predicted molar refractivity (Wildman–Crippen MR) is 66.5 cm³/mol. The monoisotopic (exact) mass is 238 g/mol. The van der Waals surface area contributed by atoms with Crippen LogP contribution in [0, 0.1) is 0 Å². The van der Waals surface area contributed by atoms with E-state index in [0.29, 0.717) is 12.4 Å². The Labute approximate surface area is 101 Å². The first-order valence-corrected chi connectivity index (χ1v) is 5.41. The van der Waals surface area contributed by atoms with E-state index in [2.05, 4.69) is 4.90 Å². The Morgan fingerprint density at radius 1 is 1.47 bits per heavy atom. The number of hydrogen-bond donors (Lipinski definition) is 2. The van der Waals surface area contributed by atoms with Gasteiger partial charge in [0.25, 0.3) is 0 Å². The van der Waals surface area contributed by atoms with Crippen molar-refractivity contribution < 1.29 is 14.6 Å². The van der Waals surface area contributed by atoms with E-state index in [9.17, 15) is 4.79 Å². The number of nitrogen functional groups attached to an aromatic ring is 1. The molecule has 0 radical (unpaired) electrons. The maximum absolute atomic E-state index is 10.7. The molecular formula is C12H18N2O3. The zero-order valence-electron chi connectivity index (χ0n) is 10.1. The average molecular weight is 238 g/mol. The number of carbonyl (C=O) groups is 1. The maximum atomic E-state index is 10.7. The van der Waals surface area contributed by atoms with Crippen LogP contribution in [0.4, 0.5) is 5.69 Å². The van der Waals surface area contributed by atoms with Crippen LogP contribution in [-0.4, -0.2) is 43.2 Å². The minimum atomic E-state index is -1.03. The molecule has 1 aromatic rings. The molecule has 5 nitrogen and oxygen atoms in total. The van der Waals surface area contributed by atoms with Crippen LogP contribution in [0.3, 0.4) is 0 Å². The van der Waals surface area contributed by atoms with Gasteiger partial charge in [0.2, 0.25) is 0 Å². The molecule has 0 spiro atoms. The standard InChI is InChI=1S/C12H18N2O3/c1-14(2)6-3-7-17-9-4-5-10(12(15)16)11(13)8-9/h4-5,8H,3,6-7,13H2,1-2H3,(H,15,16). The van der Waals surface area contributed by atoms with Crippen molar-refractivity contribution in [3.63, 3.8) is 0 Å². The average Bonchev–Trinajstić information content (AvgIpc) is 2.23. The van der Waals surface area contributed by atoms with Crippen molar-refractivity contribution in [2.24, 2.45) is 0 Å². The molecule has 1 aromatic carbocycles. The number of rotatable bonds is 6. The van der Waals surface area contributed by atoms with E-state index in [0.717, 1.165) is 13.0 Å². The van der Waals surface area contributed by atoms with Crippen LogP contribution in [0.25, 0.3) is 0 Å². The van der Waals surface area contributed by atoms with Crippen molar-refractivity contribution in [2.75, 3.05) is 33.0 Å². The van der Waals surface area contributed by atoms with Gasteiger partial charge in [0.1, 0.15) is 5.75 Å². The van der Waals surface area contributed by atoms with E-state index in [-0.39, 0.29) is 11.3 Å². The van der Waals surface area contributed by atoms with E-state index in [1.807, 2.05) is 14.1 Å². The third-order valence-electron chi connectivity index (χ3n) is 2.27. The van der Waals surface area contributed by atoms with Gasteiger partial charge in [-0.2, -0.15) is 0 Å². The third kappa shape index (κ3) is 4.32. The Kier molecular flexibility index (Phi) is 4.78. The number of carboxylic acid groups (broad SMARTS) is 1. The van der Waals surface area contributed by atoms with Gasteiger partial charge in [-0.05, 0) is 32.6 Å². The molecule has 3 N–H and O–H groups in total. The van der Waals surface area contributed by atoms with E-state index >= 15 is 0 Å². The third-order valence-corrected chi connectivity index (χ3v) is 2.27. The summed E-state index contributed by atoms with van der Waals surface area (Å²) in [5.74, 6) is -0.423.